The summed E-state index contributed by atoms with van der Waals surface area (Å²) in [6.45, 7) is 7.86. The zero-order valence-corrected chi connectivity index (χ0v) is 13.8. The number of hydrogen-bond donors (Lipinski definition) is 1. The van der Waals surface area contributed by atoms with Gasteiger partial charge in [0.15, 0.2) is 0 Å². The highest BCUT2D eigenvalue weighted by Gasteiger charge is 2.30. The molecule has 0 bridgehead atoms. The van der Waals surface area contributed by atoms with E-state index in [9.17, 15) is 0 Å². The fourth-order valence-electron chi connectivity index (χ4n) is 3.09. The van der Waals surface area contributed by atoms with Crippen molar-refractivity contribution in [3.05, 3.63) is 33.8 Å². The maximum Gasteiger partial charge on any atom is 0.0501 e. The second kappa shape index (κ2) is 6.38. The lowest BCUT2D eigenvalue weighted by molar-refractivity contribution is 0.144. The second-order valence-electron chi connectivity index (χ2n) is 5.94. The van der Waals surface area contributed by atoms with Gasteiger partial charge in [-0.2, -0.15) is 0 Å². The minimum absolute atomic E-state index is 0.241. The van der Waals surface area contributed by atoms with E-state index in [1.165, 1.54) is 28.4 Å². The molecule has 1 aliphatic rings. The van der Waals surface area contributed by atoms with E-state index in [4.69, 9.17) is 5.73 Å². The van der Waals surface area contributed by atoms with Crippen molar-refractivity contribution in [1.82, 2.24) is 4.90 Å². The van der Waals surface area contributed by atoms with Crippen LogP contribution in [0.3, 0.4) is 0 Å². The van der Waals surface area contributed by atoms with Crippen molar-refractivity contribution in [3.8, 4) is 0 Å². The number of rotatable bonds is 2. The molecule has 1 aromatic carbocycles. The SMILES string of the molecule is Cc1cc(C2C(N)CCCCN2C(C)C)ccc1Br. The highest BCUT2D eigenvalue weighted by molar-refractivity contribution is 9.10. The van der Waals surface area contributed by atoms with Crippen LogP contribution in [0, 0.1) is 6.92 Å². The van der Waals surface area contributed by atoms with Gasteiger partial charge in [-0.3, -0.25) is 4.90 Å². The second-order valence-corrected chi connectivity index (χ2v) is 6.80. The lowest BCUT2D eigenvalue weighted by atomic mass is 9.94. The third kappa shape index (κ3) is 3.39. The minimum atomic E-state index is 0.241. The van der Waals surface area contributed by atoms with Gasteiger partial charge in [0.25, 0.3) is 0 Å². The largest absolute Gasteiger partial charge is 0.326 e. The molecular formula is C16H25BrN2. The van der Waals surface area contributed by atoms with Crippen LogP contribution in [-0.4, -0.2) is 23.5 Å². The van der Waals surface area contributed by atoms with Crippen molar-refractivity contribution in [2.24, 2.45) is 5.73 Å². The van der Waals surface area contributed by atoms with E-state index in [0.717, 1.165) is 13.0 Å². The highest BCUT2D eigenvalue weighted by atomic mass is 79.9. The van der Waals surface area contributed by atoms with Gasteiger partial charge in [-0.1, -0.05) is 34.5 Å². The molecule has 1 heterocycles. The zero-order chi connectivity index (χ0) is 14.0. The van der Waals surface area contributed by atoms with Crippen LogP contribution in [0.4, 0.5) is 0 Å². The first-order valence-corrected chi connectivity index (χ1v) is 8.07. The molecule has 3 heteroatoms. The van der Waals surface area contributed by atoms with Crippen molar-refractivity contribution in [1.29, 1.82) is 0 Å². The molecule has 19 heavy (non-hydrogen) atoms. The van der Waals surface area contributed by atoms with Gasteiger partial charge in [-0.05, 0) is 57.4 Å². The zero-order valence-electron chi connectivity index (χ0n) is 12.2. The summed E-state index contributed by atoms with van der Waals surface area (Å²) in [7, 11) is 0. The highest BCUT2D eigenvalue weighted by Crippen LogP contribution is 2.32. The van der Waals surface area contributed by atoms with E-state index in [1.807, 2.05) is 0 Å². The fourth-order valence-corrected chi connectivity index (χ4v) is 3.33. The fraction of sp³-hybridized carbons (Fsp3) is 0.625. The van der Waals surface area contributed by atoms with Crippen molar-refractivity contribution in [2.75, 3.05) is 6.54 Å². The Kier molecular flexibility index (Phi) is 5.04. The molecule has 2 N–H and O–H groups in total. The predicted molar refractivity (Wildman–Crippen MR) is 85.3 cm³/mol. The first-order chi connectivity index (χ1) is 9.00. The lowest BCUT2D eigenvalue weighted by Gasteiger charge is -2.37. The number of nitrogens with zero attached hydrogens (tertiary/aromatic N) is 1. The molecule has 0 amide bonds. The maximum absolute atomic E-state index is 6.47. The Morgan fingerprint density at radius 2 is 2.05 bits per heavy atom. The van der Waals surface area contributed by atoms with Gasteiger partial charge in [0, 0.05) is 16.6 Å². The molecule has 0 radical (unpaired) electrons. The number of benzene rings is 1. The van der Waals surface area contributed by atoms with Gasteiger partial charge < -0.3 is 5.73 Å². The standard InChI is InChI=1S/C16H25BrN2/c1-11(2)19-9-5-4-6-15(18)16(19)13-7-8-14(17)12(3)10-13/h7-8,10-11,15-16H,4-6,9,18H2,1-3H3. The van der Waals surface area contributed by atoms with E-state index < -0.39 is 0 Å². The molecule has 0 spiro atoms. The van der Waals surface area contributed by atoms with Gasteiger partial charge in [0.2, 0.25) is 0 Å². The third-order valence-corrected chi connectivity index (χ3v) is 5.04. The Morgan fingerprint density at radius 1 is 1.32 bits per heavy atom. The molecule has 1 saturated heterocycles. The Hall–Kier alpha value is -0.380. The molecule has 1 aromatic rings. The van der Waals surface area contributed by atoms with E-state index >= 15 is 0 Å². The molecule has 2 unspecified atom stereocenters. The van der Waals surface area contributed by atoms with Crippen molar-refractivity contribution < 1.29 is 0 Å². The monoisotopic (exact) mass is 324 g/mol. The van der Waals surface area contributed by atoms with E-state index in [2.05, 4.69) is 59.8 Å². The Bertz CT molecular complexity index is 431. The maximum atomic E-state index is 6.47. The molecule has 0 aliphatic carbocycles. The molecule has 2 nitrogen and oxygen atoms in total. The molecule has 2 atom stereocenters. The van der Waals surface area contributed by atoms with Crippen LogP contribution in [0.1, 0.15) is 50.3 Å². The Morgan fingerprint density at radius 3 is 2.68 bits per heavy atom. The van der Waals surface area contributed by atoms with E-state index in [-0.39, 0.29) is 6.04 Å². The van der Waals surface area contributed by atoms with Gasteiger partial charge in [-0.25, -0.2) is 0 Å². The molecule has 1 fully saturated rings. The number of likely N-dealkylation sites (tertiary alicyclic amines) is 1. The Labute approximate surface area is 125 Å². The van der Waals surface area contributed by atoms with Gasteiger partial charge in [0.1, 0.15) is 0 Å². The van der Waals surface area contributed by atoms with E-state index in [1.54, 1.807) is 0 Å². The summed E-state index contributed by atoms with van der Waals surface area (Å²) in [4.78, 5) is 2.57. The summed E-state index contributed by atoms with van der Waals surface area (Å²) in [5.41, 5.74) is 9.13. The van der Waals surface area contributed by atoms with Gasteiger partial charge in [0.05, 0.1) is 6.04 Å². The smallest absolute Gasteiger partial charge is 0.0501 e. The van der Waals surface area contributed by atoms with Crippen molar-refractivity contribution in [2.45, 2.75) is 58.2 Å². The summed E-state index contributed by atoms with van der Waals surface area (Å²) < 4.78 is 1.18. The van der Waals surface area contributed by atoms with Crippen LogP contribution in [0.15, 0.2) is 22.7 Å². The van der Waals surface area contributed by atoms with Crippen LogP contribution < -0.4 is 5.73 Å². The van der Waals surface area contributed by atoms with Crippen molar-refractivity contribution in [3.63, 3.8) is 0 Å². The molecule has 0 aromatic heterocycles. The Balaban J connectivity index is 2.37. The number of nitrogens with two attached hydrogens (primary N) is 1. The number of hydrogen-bond acceptors (Lipinski definition) is 2. The third-order valence-electron chi connectivity index (χ3n) is 4.15. The first kappa shape index (κ1) is 15.0. The summed E-state index contributed by atoms with van der Waals surface area (Å²) in [6, 6.07) is 7.80. The normalized spacial score (nSPS) is 25.6. The summed E-state index contributed by atoms with van der Waals surface area (Å²) in [6.07, 6.45) is 3.64. The molecular weight excluding hydrogens is 300 g/mol. The number of halogens is 1. The minimum Gasteiger partial charge on any atom is -0.326 e. The topological polar surface area (TPSA) is 29.3 Å². The average molecular weight is 325 g/mol. The van der Waals surface area contributed by atoms with Gasteiger partial charge >= 0.3 is 0 Å². The van der Waals surface area contributed by atoms with Crippen LogP contribution in [-0.2, 0) is 0 Å². The van der Waals surface area contributed by atoms with Crippen LogP contribution in [0.25, 0.3) is 0 Å². The van der Waals surface area contributed by atoms with E-state index in [0.29, 0.717) is 12.1 Å². The number of aryl methyl sites for hydroxylation is 1. The molecule has 106 valence electrons. The predicted octanol–water partition coefficient (Wildman–Crippen LogP) is 4.02. The quantitative estimate of drug-likeness (QED) is 0.890. The van der Waals surface area contributed by atoms with Crippen LogP contribution in [0.2, 0.25) is 0 Å². The lowest BCUT2D eigenvalue weighted by Crippen LogP contribution is -2.43. The van der Waals surface area contributed by atoms with Crippen molar-refractivity contribution >= 4 is 15.9 Å². The summed E-state index contributed by atoms with van der Waals surface area (Å²) in [5.74, 6) is 0. The molecule has 1 aliphatic heterocycles. The van der Waals surface area contributed by atoms with Gasteiger partial charge in [-0.15, -0.1) is 0 Å². The van der Waals surface area contributed by atoms with Crippen LogP contribution >= 0.6 is 15.9 Å². The van der Waals surface area contributed by atoms with Crippen LogP contribution in [0.5, 0.6) is 0 Å². The summed E-state index contributed by atoms with van der Waals surface area (Å²) in [5, 5.41) is 0. The molecule has 0 saturated carbocycles. The first-order valence-electron chi connectivity index (χ1n) is 7.28. The average Bonchev–Trinajstić information content (AvgIpc) is 2.55. The summed E-state index contributed by atoms with van der Waals surface area (Å²) >= 11 is 3.58. The molecule has 2 rings (SSSR count).